The standard InChI is InChI=1S/C21H34O5/c22-19(15-5-2-1-3-6-15)11-10-16-8-9-17-13-18(14-21(16,17)25)26-12-4-7-20(23)24/h10-11,15-19,22,25H,1-9,12-14H2,(H,23,24)/t16-,17-,18?,19?,21-/m1/s1. The lowest BCUT2D eigenvalue weighted by Crippen LogP contribution is -2.35. The number of hydrogen-bond donors (Lipinski definition) is 3. The lowest BCUT2D eigenvalue weighted by atomic mass is 9.83. The Morgan fingerprint density at radius 3 is 2.69 bits per heavy atom. The van der Waals surface area contributed by atoms with Crippen molar-refractivity contribution < 1.29 is 24.9 Å². The van der Waals surface area contributed by atoms with E-state index in [0.29, 0.717) is 25.4 Å². The van der Waals surface area contributed by atoms with Gasteiger partial charge in [0.15, 0.2) is 0 Å². The molecule has 0 amide bonds. The lowest BCUT2D eigenvalue weighted by molar-refractivity contribution is -0.137. The van der Waals surface area contributed by atoms with Crippen LogP contribution in [0, 0.1) is 17.8 Å². The average Bonchev–Trinajstić information content (AvgIpc) is 3.10. The molecule has 3 N–H and O–H groups in total. The van der Waals surface area contributed by atoms with Gasteiger partial charge >= 0.3 is 5.97 Å². The Hall–Kier alpha value is -0.910. The van der Waals surface area contributed by atoms with E-state index in [4.69, 9.17) is 9.84 Å². The van der Waals surface area contributed by atoms with Crippen LogP contribution >= 0.6 is 0 Å². The van der Waals surface area contributed by atoms with Crippen LogP contribution in [0.2, 0.25) is 0 Å². The summed E-state index contributed by atoms with van der Waals surface area (Å²) in [5, 5.41) is 30.4. The van der Waals surface area contributed by atoms with Crippen LogP contribution in [0.4, 0.5) is 0 Å². The molecule has 0 aromatic rings. The van der Waals surface area contributed by atoms with Crippen molar-refractivity contribution in [1.82, 2.24) is 0 Å². The Bertz CT molecular complexity index is 499. The Kier molecular flexibility index (Phi) is 6.76. The molecule has 0 saturated heterocycles. The van der Waals surface area contributed by atoms with Crippen molar-refractivity contribution in [2.24, 2.45) is 17.8 Å². The molecule has 0 aromatic heterocycles. The zero-order valence-electron chi connectivity index (χ0n) is 15.7. The highest BCUT2D eigenvalue weighted by molar-refractivity contribution is 5.66. The fourth-order valence-electron chi connectivity index (χ4n) is 5.33. The van der Waals surface area contributed by atoms with Gasteiger partial charge in [-0.25, -0.2) is 0 Å². The van der Waals surface area contributed by atoms with Gasteiger partial charge in [0.25, 0.3) is 0 Å². The van der Waals surface area contributed by atoms with Crippen LogP contribution in [0.5, 0.6) is 0 Å². The molecule has 2 unspecified atom stereocenters. The maximum absolute atomic E-state index is 11.2. The molecule has 3 rings (SSSR count). The molecule has 3 aliphatic carbocycles. The second-order valence-corrected chi connectivity index (χ2v) is 8.58. The van der Waals surface area contributed by atoms with Gasteiger partial charge in [-0.15, -0.1) is 0 Å². The van der Waals surface area contributed by atoms with E-state index >= 15 is 0 Å². The highest BCUT2D eigenvalue weighted by Crippen LogP contribution is 2.52. The van der Waals surface area contributed by atoms with Gasteiger partial charge < -0.3 is 20.1 Å². The van der Waals surface area contributed by atoms with Gasteiger partial charge in [0.1, 0.15) is 0 Å². The zero-order chi connectivity index (χ0) is 18.6. The molecule has 0 aromatic carbocycles. The summed E-state index contributed by atoms with van der Waals surface area (Å²) in [6, 6.07) is 0. The average molecular weight is 366 g/mol. The second-order valence-electron chi connectivity index (χ2n) is 8.58. The number of carboxylic acids is 1. The molecule has 26 heavy (non-hydrogen) atoms. The van der Waals surface area contributed by atoms with Gasteiger partial charge in [0.05, 0.1) is 17.8 Å². The second kappa shape index (κ2) is 8.85. The fraction of sp³-hybridized carbons (Fsp3) is 0.857. The highest BCUT2D eigenvalue weighted by Gasteiger charge is 2.54. The minimum absolute atomic E-state index is 0.0262. The highest BCUT2D eigenvalue weighted by atomic mass is 16.5. The molecule has 0 bridgehead atoms. The number of carbonyl (C=O) groups is 1. The van der Waals surface area contributed by atoms with Crippen LogP contribution in [-0.2, 0) is 9.53 Å². The van der Waals surface area contributed by atoms with E-state index in [0.717, 1.165) is 32.1 Å². The van der Waals surface area contributed by atoms with Crippen molar-refractivity contribution >= 4 is 5.97 Å². The molecule has 148 valence electrons. The fourth-order valence-corrected chi connectivity index (χ4v) is 5.33. The Morgan fingerprint density at radius 1 is 1.19 bits per heavy atom. The third kappa shape index (κ3) is 4.68. The van der Waals surface area contributed by atoms with Gasteiger partial charge in [0.2, 0.25) is 0 Å². The molecule has 0 spiro atoms. The van der Waals surface area contributed by atoms with Crippen molar-refractivity contribution in [2.45, 2.75) is 88.4 Å². The molecule has 3 saturated carbocycles. The van der Waals surface area contributed by atoms with E-state index in [-0.39, 0.29) is 30.5 Å². The number of rotatable bonds is 8. The van der Waals surface area contributed by atoms with E-state index in [1.807, 2.05) is 6.08 Å². The van der Waals surface area contributed by atoms with Crippen LogP contribution in [0.1, 0.15) is 70.6 Å². The number of aliphatic hydroxyl groups is 2. The van der Waals surface area contributed by atoms with Crippen molar-refractivity contribution in [2.75, 3.05) is 6.61 Å². The Morgan fingerprint density at radius 2 is 1.96 bits per heavy atom. The lowest BCUT2D eigenvalue weighted by Gasteiger charge is -2.29. The van der Waals surface area contributed by atoms with Gasteiger partial charge in [-0.2, -0.15) is 0 Å². The smallest absolute Gasteiger partial charge is 0.303 e. The predicted molar refractivity (Wildman–Crippen MR) is 98.7 cm³/mol. The molecular formula is C21H34O5. The zero-order valence-corrected chi connectivity index (χ0v) is 15.7. The molecule has 5 atom stereocenters. The maximum Gasteiger partial charge on any atom is 0.303 e. The molecule has 5 heteroatoms. The van der Waals surface area contributed by atoms with Gasteiger partial charge in [-0.1, -0.05) is 31.4 Å². The van der Waals surface area contributed by atoms with E-state index in [2.05, 4.69) is 6.08 Å². The summed E-state index contributed by atoms with van der Waals surface area (Å²) < 4.78 is 5.83. The molecule has 0 radical (unpaired) electrons. The first-order valence-electron chi connectivity index (χ1n) is 10.4. The topological polar surface area (TPSA) is 87.0 Å². The molecule has 3 fully saturated rings. The quantitative estimate of drug-likeness (QED) is 0.453. The number of hydrogen-bond acceptors (Lipinski definition) is 4. The molecule has 3 aliphatic rings. The number of aliphatic hydroxyl groups excluding tert-OH is 1. The first kappa shape index (κ1) is 19.8. The summed E-state index contributed by atoms with van der Waals surface area (Å²) in [6.07, 6.45) is 13.7. The molecular weight excluding hydrogens is 332 g/mol. The first-order valence-corrected chi connectivity index (χ1v) is 10.4. The normalized spacial score (nSPS) is 36.5. The van der Waals surface area contributed by atoms with Gasteiger partial charge in [-0.05, 0) is 50.4 Å². The van der Waals surface area contributed by atoms with Crippen LogP contribution < -0.4 is 0 Å². The van der Waals surface area contributed by atoms with Gasteiger partial charge in [-0.3, -0.25) is 4.79 Å². The number of carboxylic acid groups (broad SMARTS) is 1. The Labute approximate surface area is 156 Å². The third-order valence-corrected chi connectivity index (χ3v) is 6.84. The summed E-state index contributed by atoms with van der Waals surface area (Å²) in [6.45, 7) is 0.445. The molecule has 0 aliphatic heterocycles. The minimum atomic E-state index is -0.794. The summed E-state index contributed by atoms with van der Waals surface area (Å²) >= 11 is 0. The van der Waals surface area contributed by atoms with Crippen LogP contribution in [-0.4, -0.2) is 45.7 Å². The summed E-state index contributed by atoms with van der Waals surface area (Å²) in [4.78, 5) is 10.6. The number of fused-ring (bicyclic) bond motifs is 1. The number of aliphatic carboxylic acids is 1. The summed E-state index contributed by atoms with van der Waals surface area (Å²) in [5.74, 6) is -0.0650. The predicted octanol–water partition coefficient (Wildman–Crippen LogP) is 3.28. The van der Waals surface area contributed by atoms with Crippen LogP contribution in [0.15, 0.2) is 12.2 Å². The van der Waals surface area contributed by atoms with E-state index < -0.39 is 11.6 Å². The Balaban J connectivity index is 1.49. The van der Waals surface area contributed by atoms with Crippen molar-refractivity contribution in [3.8, 4) is 0 Å². The maximum atomic E-state index is 11.2. The monoisotopic (exact) mass is 366 g/mol. The van der Waals surface area contributed by atoms with Crippen LogP contribution in [0.3, 0.4) is 0 Å². The van der Waals surface area contributed by atoms with Gasteiger partial charge in [0, 0.05) is 25.4 Å². The van der Waals surface area contributed by atoms with E-state index in [1.165, 1.54) is 19.3 Å². The van der Waals surface area contributed by atoms with E-state index in [9.17, 15) is 15.0 Å². The molecule has 5 nitrogen and oxygen atoms in total. The largest absolute Gasteiger partial charge is 0.481 e. The minimum Gasteiger partial charge on any atom is -0.481 e. The van der Waals surface area contributed by atoms with Crippen molar-refractivity contribution in [3.05, 3.63) is 12.2 Å². The third-order valence-electron chi connectivity index (χ3n) is 6.84. The van der Waals surface area contributed by atoms with E-state index in [1.54, 1.807) is 0 Å². The summed E-state index contributed by atoms with van der Waals surface area (Å²) in [7, 11) is 0. The molecule has 0 heterocycles. The summed E-state index contributed by atoms with van der Waals surface area (Å²) in [5.41, 5.74) is -0.722. The van der Waals surface area contributed by atoms with Crippen molar-refractivity contribution in [3.63, 3.8) is 0 Å². The SMILES string of the molecule is O=C(O)CCCOC1C[C@H]2CC[C@H](C=CC(O)C3CCCCC3)[C@]2(O)C1. The van der Waals surface area contributed by atoms with Crippen LogP contribution in [0.25, 0.3) is 0 Å². The number of ether oxygens (including phenoxy) is 1. The first-order chi connectivity index (χ1) is 12.5. The van der Waals surface area contributed by atoms with Crippen molar-refractivity contribution in [1.29, 1.82) is 0 Å².